The van der Waals surface area contributed by atoms with Crippen molar-refractivity contribution in [3.63, 3.8) is 0 Å². The fraction of sp³-hybridized carbons (Fsp3) is 0.750. The van der Waals surface area contributed by atoms with Gasteiger partial charge in [0.15, 0.2) is 0 Å². The van der Waals surface area contributed by atoms with E-state index in [0.717, 1.165) is 32.1 Å². The molecule has 122 valence electrons. The zero-order chi connectivity index (χ0) is 16.2. The second-order valence-electron chi connectivity index (χ2n) is 8.69. The molecule has 1 N–H and O–H groups in total. The van der Waals surface area contributed by atoms with Crippen molar-refractivity contribution >= 4 is 5.97 Å². The number of carboxylic acids is 1. The van der Waals surface area contributed by atoms with Crippen LogP contribution in [0.1, 0.15) is 65.7 Å². The van der Waals surface area contributed by atoms with Crippen LogP contribution in [0.5, 0.6) is 0 Å². The molecule has 5 atom stereocenters. The predicted molar refractivity (Wildman–Crippen MR) is 89.5 cm³/mol. The fourth-order valence-electron chi connectivity index (χ4n) is 5.94. The highest BCUT2D eigenvalue weighted by Gasteiger charge is 2.58. The highest BCUT2D eigenvalue weighted by atomic mass is 16.4. The Morgan fingerprint density at radius 2 is 2.00 bits per heavy atom. The standard InChI is InChI=1S/C20H30O2/c1-5-18(2)12-9-15-14(13-18)7-8-16-19(15,3)10-6-11-20(16,4)17(21)22/h5,13,15-16H,1,6-12H2,2-4H3,(H,21,22)/t15-,16-,18-,19-,20-/m1/s1. The number of carbonyl (C=O) groups is 1. The van der Waals surface area contributed by atoms with Gasteiger partial charge in [0.05, 0.1) is 5.41 Å². The van der Waals surface area contributed by atoms with Gasteiger partial charge < -0.3 is 5.11 Å². The lowest BCUT2D eigenvalue weighted by Crippen LogP contribution is -2.54. The number of carboxylic acid groups (broad SMARTS) is 1. The average Bonchev–Trinajstić information content (AvgIpc) is 2.46. The molecule has 3 aliphatic carbocycles. The molecular formula is C20H30O2. The maximum absolute atomic E-state index is 12.0. The van der Waals surface area contributed by atoms with E-state index in [1.165, 1.54) is 12.8 Å². The highest BCUT2D eigenvalue weighted by molar-refractivity contribution is 5.75. The summed E-state index contributed by atoms with van der Waals surface area (Å²) in [6.07, 6.45) is 12.1. The minimum Gasteiger partial charge on any atom is -0.481 e. The summed E-state index contributed by atoms with van der Waals surface area (Å²) in [5.41, 5.74) is 1.36. The third-order valence-electron chi connectivity index (χ3n) is 7.38. The van der Waals surface area contributed by atoms with E-state index in [-0.39, 0.29) is 10.8 Å². The molecule has 0 radical (unpaired) electrons. The molecule has 0 aromatic rings. The van der Waals surface area contributed by atoms with Crippen LogP contribution < -0.4 is 0 Å². The first-order chi connectivity index (χ1) is 10.3. The Labute approximate surface area is 134 Å². The monoisotopic (exact) mass is 302 g/mol. The molecule has 3 aliphatic rings. The van der Waals surface area contributed by atoms with E-state index in [4.69, 9.17) is 0 Å². The van der Waals surface area contributed by atoms with Gasteiger partial charge in [-0.3, -0.25) is 4.79 Å². The molecular weight excluding hydrogens is 272 g/mol. The number of hydrogen-bond donors (Lipinski definition) is 1. The molecule has 0 spiro atoms. The molecule has 3 rings (SSSR count). The molecule has 2 heteroatoms. The third-order valence-corrected chi connectivity index (χ3v) is 7.38. The number of aliphatic carboxylic acids is 1. The summed E-state index contributed by atoms with van der Waals surface area (Å²) < 4.78 is 0. The second kappa shape index (κ2) is 4.97. The summed E-state index contributed by atoms with van der Waals surface area (Å²) in [6, 6.07) is 0. The Morgan fingerprint density at radius 1 is 1.27 bits per heavy atom. The van der Waals surface area contributed by atoms with E-state index in [1.807, 2.05) is 6.92 Å². The van der Waals surface area contributed by atoms with Gasteiger partial charge in [-0.05, 0) is 62.7 Å². The van der Waals surface area contributed by atoms with Crippen molar-refractivity contribution < 1.29 is 9.90 Å². The zero-order valence-electron chi connectivity index (χ0n) is 14.3. The maximum Gasteiger partial charge on any atom is 0.309 e. The lowest BCUT2D eigenvalue weighted by Gasteiger charge is -2.59. The Kier molecular flexibility index (Phi) is 3.58. The van der Waals surface area contributed by atoms with E-state index in [0.29, 0.717) is 11.8 Å². The normalized spacial score (nSPS) is 47.9. The van der Waals surface area contributed by atoms with Gasteiger partial charge in [0.1, 0.15) is 0 Å². The van der Waals surface area contributed by atoms with Crippen molar-refractivity contribution in [3.05, 3.63) is 24.3 Å². The highest BCUT2D eigenvalue weighted by Crippen LogP contribution is 2.63. The molecule has 0 saturated heterocycles. The summed E-state index contributed by atoms with van der Waals surface area (Å²) >= 11 is 0. The first-order valence-electron chi connectivity index (χ1n) is 8.84. The van der Waals surface area contributed by atoms with Crippen LogP contribution in [-0.2, 0) is 4.79 Å². The minimum atomic E-state index is -0.581. The van der Waals surface area contributed by atoms with Crippen molar-refractivity contribution in [1.29, 1.82) is 0 Å². The van der Waals surface area contributed by atoms with Crippen molar-refractivity contribution in [3.8, 4) is 0 Å². The summed E-state index contributed by atoms with van der Waals surface area (Å²) in [4.78, 5) is 12.0. The Hall–Kier alpha value is -1.05. The van der Waals surface area contributed by atoms with E-state index in [2.05, 4.69) is 32.6 Å². The van der Waals surface area contributed by atoms with Gasteiger partial charge in [-0.1, -0.05) is 38.0 Å². The van der Waals surface area contributed by atoms with Gasteiger partial charge in [0.25, 0.3) is 0 Å². The molecule has 0 unspecified atom stereocenters. The van der Waals surface area contributed by atoms with Crippen LogP contribution in [0.2, 0.25) is 0 Å². The first-order valence-corrected chi connectivity index (χ1v) is 8.84. The molecule has 2 saturated carbocycles. The molecule has 0 bridgehead atoms. The van der Waals surface area contributed by atoms with Gasteiger partial charge in [0, 0.05) is 5.41 Å². The average molecular weight is 302 g/mol. The third kappa shape index (κ3) is 2.10. The minimum absolute atomic E-state index is 0.139. The Morgan fingerprint density at radius 3 is 2.64 bits per heavy atom. The predicted octanol–water partition coefficient (Wildman–Crippen LogP) is 5.21. The molecule has 0 heterocycles. The van der Waals surface area contributed by atoms with Crippen molar-refractivity contribution in [2.24, 2.45) is 28.1 Å². The van der Waals surface area contributed by atoms with Gasteiger partial charge in [0.2, 0.25) is 0 Å². The number of allylic oxidation sites excluding steroid dienone is 3. The van der Waals surface area contributed by atoms with E-state index < -0.39 is 11.4 Å². The van der Waals surface area contributed by atoms with Crippen molar-refractivity contribution in [1.82, 2.24) is 0 Å². The summed E-state index contributed by atoms with van der Waals surface area (Å²) in [6.45, 7) is 10.7. The van der Waals surface area contributed by atoms with Crippen molar-refractivity contribution in [2.75, 3.05) is 0 Å². The van der Waals surface area contributed by atoms with Crippen LogP contribution in [0.15, 0.2) is 24.3 Å². The second-order valence-corrected chi connectivity index (χ2v) is 8.69. The van der Waals surface area contributed by atoms with E-state index in [9.17, 15) is 9.90 Å². The fourth-order valence-corrected chi connectivity index (χ4v) is 5.94. The van der Waals surface area contributed by atoms with E-state index >= 15 is 0 Å². The van der Waals surface area contributed by atoms with Crippen LogP contribution in [0, 0.1) is 28.1 Å². The largest absolute Gasteiger partial charge is 0.481 e. The van der Waals surface area contributed by atoms with Crippen molar-refractivity contribution in [2.45, 2.75) is 65.7 Å². The van der Waals surface area contributed by atoms with Crippen LogP contribution >= 0.6 is 0 Å². The summed E-state index contributed by atoms with van der Waals surface area (Å²) in [5.74, 6) is 0.322. The SMILES string of the molecule is C=C[C@@]1(C)C=C2CC[C@@H]3[C@](C)(CCC[C@@]3(C)C(=O)O)[C@@H]2CC1. The van der Waals surface area contributed by atoms with Crippen LogP contribution in [0.4, 0.5) is 0 Å². The molecule has 0 aliphatic heterocycles. The van der Waals surface area contributed by atoms with Gasteiger partial charge in [-0.25, -0.2) is 0 Å². The molecule has 2 nitrogen and oxygen atoms in total. The molecule has 0 aromatic carbocycles. The maximum atomic E-state index is 12.0. The topological polar surface area (TPSA) is 37.3 Å². The van der Waals surface area contributed by atoms with Crippen LogP contribution in [-0.4, -0.2) is 11.1 Å². The number of rotatable bonds is 2. The molecule has 0 amide bonds. The van der Waals surface area contributed by atoms with Crippen LogP contribution in [0.3, 0.4) is 0 Å². The first kappa shape index (κ1) is 15.8. The molecule has 0 aromatic heterocycles. The van der Waals surface area contributed by atoms with Crippen LogP contribution in [0.25, 0.3) is 0 Å². The molecule has 22 heavy (non-hydrogen) atoms. The van der Waals surface area contributed by atoms with Gasteiger partial charge >= 0.3 is 5.97 Å². The molecule has 2 fully saturated rings. The summed E-state index contributed by atoms with van der Waals surface area (Å²) in [7, 11) is 0. The quantitative estimate of drug-likeness (QED) is 0.711. The van der Waals surface area contributed by atoms with E-state index in [1.54, 1.807) is 5.57 Å². The summed E-state index contributed by atoms with van der Waals surface area (Å²) in [5, 5.41) is 9.84. The van der Waals surface area contributed by atoms with Gasteiger partial charge in [-0.15, -0.1) is 6.58 Å². The lowest BCUT2D eigenvalue weighted by molar-refractivity contribution is -0.164. The Bertz CT molecular complexity index is 534. The lowest BCUT2D eigenvalue weighted by atomic mass is 9.45. The number of fused-ring (bicyclic) bond motifs is 3. The number of hydrogen-bond acceptors (Lipinski definition) is 1. The van der Waals surface area contributed by atoms with Gasteiger partial charge in [-0.2, -0.15) is 0 Å². The Balaban J connectivity index is 1.99. The smallest absolute Gasteiger partial charge is 0.309 e. The zero-order valence-corrected chi connectivity index (χ0v) is 14.3.